The number of hydrogen-bond acceptors (Lipinski definition) is 3. The zero-order chi connectivity index (χ0) is 14.5. The third-order valence-corrected chi connectivity index (χ3v) is 3.19. The second-order valence-corrected chi connectivity index (χ2v) is 4.63. The number of nitrogens with one attached hydrogen (secondary N) is 1. The molecule has 0 aromatic heterocycles. The lowest BCUT2D eigenvalue weighted by atomic mass is 10.1. The molecule has 0 fully saturated rings. The van der Waals surface area contributed by atoms with Crippen molar-refractivity contribution in [3.63, 3.8) is 0 Å². The Kier molecular flexibility index (Phi) is 4.61. The molecule has 0 radical (unpaired) electrons. The van der Waals surface area contributed by atoms with Crippen LogP contribution >= 0.6 is 11.6 Å². The Balaban J connectivity index is 2.23. The molecule has 3 N–H and O–H groups in total. The maximum absolute atomic E-state index is 12.3. The van der Waals surface area contributed by atoms with Crippen LogP contribution in [0.2, 0.25) is 5.02 Å². The minimum atomic E-state index is -0.716. The number of methoxy groups -OCH3 is 1. The van der Waals surface area contributed by atoms with E-state index in [9.17, 15) is 4.79 Å². The van der Waals surface area contributed by atoms with Gasteiger partial charge in [-0.05, 0) is 17.7 Å². The number of rotatable bonds is 4. The molecule has 1 amide bonds. The lowest BCUT2D eigenvalue weighted by molar-refractivity contribution is -0.126. The van der Waals surface area contributed by atoms with Crippen molar-refractivity contribution in [3.8, 4) is 0 Å². The molecule has 0 saturated carbocycles. The SMILES string of the molecule is COC(C(=O)Nc1c(N)cccc1Cl)c1ccccc1. The summed E-state index contributed by atoms with van der Waals surface area (Å²) in [5.41, 5.74) is 7.38. The summed E-state index contributed by atoms with van der Waals surface area (Å²) in [5.74, 6) is -0.321. The second kappa shape index (κ2) is 6.41. The van der Waals surface area contributed by atoms with E-state index in [0.29, 0.717) is 16.4 Å². The van der Waals surface area contributed by atoms with Gasteiger partial charge in [-0.15, -0.1) is 0 Å². The lowest BCUT2D eigenvalue weighted by Gasteiger charge is -2.17. The molecule has 1 atom stereocenters. The Morgan fingerprint density at radius 2 is 1.90 bits per heavy atom. The van der Waals surface area contributed by atoms with Crippen LogP contribution < -0.4 is 11.1 Å². The number of halogens is 1. The van der Waals surface area contributed by atoms with Gasteiger partial charge >= 0.3 is 0 Å². The van der Waals surface area contributed by atoms with Crippen molar-refractivity contribution in [3.05, 3.63) is 59.1 Å². The molecule has 104 valence electrons. The van der Waals surface area contributed by atoms with Crippen molar-refractivity contribution < 1.29 is 9.53 Å². The van der Waals surface area contributed by atoms with Crippen LogP contribution in [0, 0.1) is 0 Å². The van der Waals surface area contributed by atoms with Gasteiger partial charge in [0.2, 0.25) is 0 Å². The molecule has 0 heterocycles. The van der Waals surface area contributed by atoms with Gasteiger partial charge < -0.3 is 15.8 Å². The van der Waals surface area contributed by atoms with E-state index in [4.69, 9.17) is 22.1 Å². The smallest absolute Gasteiger partial charge is 0.258 e. The first-order valence-electron chi connectivity index (χ1n) is 6.06. The zero-order valence-corrected chi connectivity index (χ0v) is 11.7. The Bertz CT molecular complexity index is 582. The van der Waals surface area contributed by atoms with Gasteiger partial charge in [0.05, 0.1) is 16.4 Å². The molecule has 0 aliphatic carbocycles. The number of amides is 1. The fourth-order valence-electron chi connectivity index (χ4n) is 1.88. The number of nitrogen functional groups attached to an aromatic ring is 1. The molecule has 0 bridgehead atoms. The fourth-order valence-corrected chi connectivity index (χ4v) is 2.11. The molecule has 0 aliphatic heterocycles. The van der Waals surface area contributed by atoms with Gasteiger partial charge in [-0.25, -0.2) is 0 Å². The van der Waals surface area contributed by atoms with E-state index >= 15 is 0 Å². The minimum absolute atomic E-state index is 0.321. The van der Waals surface area contributed by atoms with E-state index in [1.54, 1.807) is 18.2 Å². The summed E-state index contributed by atoms with van der Waals surface area (Å²) in [4.78, 5) is 12.3. The monoisotopic (exact) mass is 290 g/mol. The van der Waals surface area contributed by atoms with Crippen molar-refractivity contribution >= 4 is 28.9 Å². The fraction of sp³-hybridized carbons (Fsp3) is 0.133. The van der Waals surface area contributed by atoms with Gasteiger partial charge in [0, 0.05) is 7.11 Å². The number of carbonyl (C=O) groups excluding carboxylic acids is 1. The predicted molar refractivity (Wildman–Crippen MR) is 80.7 cm³/mol. The molecule has 2 rings (SSSR count). The number of nitrogens with two attached hydrogens (primary N) is 1. The lowest BCUT2D eigenvalue weighted by Crippen LogP contribution is -2.23. The Labute approximate surface area is 122 Å². The van der Waals surface area contributed by atoms with Crippen molar-refractivity contribution in [2.24, 2.45) is 0 Å². The van der Waals surface area contributed by atoms with Gasteiger partial charge in [-0.1, -0.05) is 48.0 Å². The van der Waals surface area contributed by atoms with Crippen molar-refractivity contribution in [2.75, 3.05) is 18.2 Å². The minimum Gasteiger partial charge on any atom is -0.397 e. The molecule has 5 heteroatoms. The summed E-state index contributed by atoms with van der Waals surface area (Å²) in [6.45, 7) is 0. The van der Waals surface area contributed by atoms with E-state index in [-0.39, 0.29) is 5.91 Å². The number of benzene rings is 2. The molecular weight excluding hydrogens is 276 g/mol. The third kappa shape index (κ3) is 3.10. The summed E-state index contributed by atoms with van der Waals surface area (Å²) in [6, 6.07) is 14.3. The first-order valence-corrected chi connectivity index (χ1v) is 6.44. The average Bonchev–Trinajstić information content (AvgIpc) is 2.45. The number of anilines is 2. The Morgan fingerprint density at radius 3 is 2.50 bits per heavy atom. The number of para-hydroxylation sites is 1. The highest BCUT2D eigenvalue weighted by molar-refractivity contribution is 6.34. The van der Waals surface area contributed by atoms with E-state index in [2.05, 4.69) is 5.32 Å². The highest BCUT2D eigenvalue weighted by atomic mass is 35.5. The molecule has 2 aromatic carbocycles. The molecule has 20 heavy (non-hydrogen) atoms. The topological polar surface area (TPSA) is 64.3 Å². The first-order chi connectivity index (χ1) is 9.63. The number of carbonyl (C=O) groups is 1. The summed E-state index contributed by atoms with van der Waals surface area (Å²) in [7, 11) is 1.48. The van der Waals surface area contributed by atoms with Crippen LogP contribution in [0.25, 0.3) is 0 Å². The van der Waals surface area contributed by atoms with Gasteiger partial charge in [-0.2, -0.15) is 0 Å². The Hall–Kier alpha value is -2.04. The van der Waals surface area contributed by atoms with Gasteiger partial charge in [0.1, 0.15) is 0 Å². The molecule has 0 aliphatic rings. The first kappa shape index (κ1) is 14.4. The van der Waals surface area contributed by atoms with Gasteiger partial charge in [-0.3, -0.25) is 4.79 Å². The van der Waals surface area contributed by atoms with E-state index < -0.39 is 6.10 Å². The summed E-state index contributed by atoms with van der Waals surface area (Å²) in [6.07, 6.45) is -0.716. The highest BCUT2D eigenvalue weighted by Crippen LogP contribution is 2.29. The van der Waals surface area contributed by atoms with Crippen LogP contribution in [0.3, 0.4) is 0 Å². The van der Waals surface area contributed by atoms with Crippen LogP contribution in [0.5, 0.6) is 0 Å². The normalized spacial score (nSPS) is 11.9. The van der Waals surface area contributed by atoms with E-state index in [1.807, 2.05) is 30.3 Å². The number of hydrogen-bond donors (Lipinski definition) is 2. The van der Waals surface area contributed by atoms with E-state index in [0.717, 1.165) is 5.56 Å². The highest BCUT2D eigenvalue weighted by Gasteiger charge is 2.21. The van der Waals surface area contributed by atoms with Crippen LogP contribution in [0.4, 0.5) is 11.4 Å². The van der Waals surface area contributed by atoms with Gasteiger partial charge in [0.25, 0.3) is 5.91 Å². The second-order valence-electron chi connectivity index (χ2n) is 4.22. The number of ether oxygens (including phenoxy) is 1. The molecular formula is C15H15ClN2O2. The van der Waals surface area contributed by atoms with Crippen LogP contribution in [0.1, 0.15) is 11.7 Å². The van der Waals surface area contributed by atoms with Gasteiger partial charge in [0.15, 0.2) is 6.10 Å². The zero-order valence-electron chi connectivity index (χ0n) is 11.0. The van der Waals surface area contributed by atoms with Crippen LogP contribution in [-0.2, 0) is 9.53 Å². The van der Waals surface area contributed by atoms with E-state index in [1.165, 1.54) is 7.11 Å². The largest absolute Gasteiger partial charge is 0.397 e. The van der Waals surface area contributed by atoms with Crippen LogP contribution in [-0.4, -0.2) is 13.0 Å². The molecule has 1 unspecified atom stereocenters. The molecule has 4 nitrogen and oxygen atoms in total. The maximum atomic E-state index is 12.3. The molecule has 2 aromatic rings. The van der Waals surface area contributed by atoms with Crippen LogP contribution in [0.15, 0.2) is 48.5 Å². The average molecular weight is 291 g/mol. The predicted octanol–water partition coefficient (Wildman–Crippen LogP) is 3.25. The molecule has 0 saturated heterocycles. The summed E-state index contributed by atoms with van der Waals surface area (Å²) in [5, 5.41) is 3.10. The Morgan fingerprint density at radius 1 is 1.20 bits per heavy atom. The standard InChI is InChI=1S/C15H15ClN2O2/c1-20-14(10-6-3-2-4-7-10)15(19)18-13-11(16)8-5-9-12(13)17/h2-9,14H,17H2,1H3,(H,18,19). The third-order valence-electron chi connectivity index (χ3n) is 2.87. The summed E-state index contributed by atoms with van der Waals surface area (Å²) >= 11 is 6.03. The summed E-state index contributed by atoms with van der Waals surface area (Å²) < 4.78 is 5.25. The van der Waals surface area contributed by atoms with Crippen molar-refractivity contribution in [1.82, 2.24) is 0 Å². The molecule has 0 spiro atoms. The van der Waals surface area contributed by atoms with Crippen molar-refractivity contribution in [1.29, 1.82) is 0 Å². The maximum Gasteiger partial charge on any atom is 0.258 e. The quantitative estimate of drug-likeness (QED) is 0.850. The van der Waals surface area contributed by atoms with Crippen molar-refractivity contribution in [2.45, 2.75) is 6.10 Å².